The molecule has 0 saturated carbocycles. The number of hydrogen-bond acceptors (Lipinski definition) is 3. The molecule has 0 fully saturated rings. The lowest BCUT2D eigenvalue weighted by Crippen LogP contribution is -2.14. The summed E-state index contributed by atoms with van der Waals surface area (Å²) in [6.45, 7) is 0.321. The third-order valence-electron chi connectivity index (χ3n) is 3.47. The van der Waals surface area contributed by atoms with Crippen LogP contribution in [0.1, 0.15) is 23.5 Å². The predicted molar refractivity (Wildman–Crippen MR) is 61.7 cm³/mol. The molecule has 0 heterocycles. The fourth-order valence-electron chi connectivity index (χ4n) is 2.74. The molecule has 0 radical (unpaired) electrons. The van der Waals surface area contributed by atoms with E-state index in [4.69, 9.17) is 9.84 Å². The summed E-state index contributed by atoms with van der Waals surface area (Å²) in [5.41, 5.74) is 2.43. The second kappa shape index (κ2) is 4.85. The molecule has 0 aromatic heterocycles. The van der Waals surface area contributed by atoms with Gasteiger partial charge >= 0.3 is 0 Å². The standard InChI is InChI=1S/C13H18O3/c1-16-12-4-2-3-9-7-10(8-15)11(5-6-14)13(9)12/h2-4,10-11,14-15H,5-8H2,1H3/t10-,11+/m1/s1. The molecule has 88 valence electrons. The van der Waals surface area contributed by atoms with Crippen molar-refractivity contribution in [2.45, 2.75) is 18.8 Å². The zero-order valence-electron chi connectivity index (χ0n) is 9.52. The van der Waals surface area contributed by atoms with Crippen molar-refractivity contribution in [2.24, 2.45) is 5.92 Å². The highest BCUT2D eigenvalue weighted by atomic mass is 16.5. The molecule has 3 heteroatoms. The first-order valence-corrected chi connectivity index (χ1v) is 5.69. The normalized spacial score (nSPS) is 23.2. The van der Waals surface area contributed by atoms with E-state index in [2.05, 4.69) is 6.07 Å². The molecular weight excluding hydrogens is 204 g/mol. The van der Waals surface area contributed by atoms with Gasteiger partial charge in [-0.15, -0.1) is 0 Å². The molecule has 1 aliphatic carbocycles. The van der Waals surface area contributed by atoms with E-state index in [1.165, 1.54) is 11.1 Å². The first-order chi connectivity index (χ1) is 7.81. The van der Waals surface area contributed by atoms with Gasteiger partial charge in [-0.25, -0.2) is 0 Å². The molecule has 2 rings (SSSR count). The fourth-order valence-corrected chi connectivity index (χ4v) is 2.74. The molecule has 0 spiro atoms. The molecule has 0 amide bonds. The first-order valence-electron chi connectivity index (χ1n) is 5.69. The Bertz CT molecular complexity index is 362. The molecule has 0 unspecified atom stereocenters. The summed E-state index contributed by atoms with van der Waals surface area (Å²) in [7, 11) is 1.66. The van der Waals surface area contributed by atoms with Crippen molar-refractivity contribution < 1.29 is 14.9 Å². The Balaban J connectivity index is 2.39. The Morgan fingerprint density at radius 2 is 2.19 bits per heavy atom. The summed E-state index contributed by atoms with van der Waals surface area (Å²) in [4.78, 5) is 0. The van der Waals surface area contributed by atoms with Gasteiger partial charge in [-0.1, -0.05) is 12.1 Å². The molecule has 2 atom stereocenters. The quantitative estimate of drug-likeness (QED) is 0.808. The summed E-state index contributed by atoms with van der Waals surface area (Å²) in [6.07, 6.45) is 1.58. The van der Waals surface area contributed by atoms with Gasteiger partial charge in [0.1, 0.15) is 5.75 Å². The van der Waals surface area contributed by atoms with E-state index in [1.807, 2.05) is 12.1 Å². The Labute approximate surface area is 95.7 Å². The SMILES string of the molecule is COc1cccc2c1[C@@H](CCO)[C@@H](CO)C2. The van der Waals surface area contributed by atoms with E-state index in [9.17, 15) is 5.11 Å². The monoisotopic (exact) mass is 222 g/mol. The topological polar surface area (TPSA) is 49.7 Å². The minimum atomic E-state index is 0.151. The highest BCUT2D eigenvalue weighted by Gasteiger charge is 2.33. The lowest BCUT2D eigenvalue weighted by atomic mass is 9.90. The van der Waals surface area contributed by atoms with E-state index < -0.39 is 0 Å². The average molecular weight is 222 g/mol. The number of ether oxygens (including phenoxy) is 1. The van der Waals surface area contributed by atoms with Crippen LogP contribution in [0.15, 0.2) is 18.2 Å². The third kappa shape index (κ3) is 1.81. The second-order valence-electron chi connectivity index (χ2n) is 4.30. The first kappa shape index (κ1) is 11.4. The van der Waals surface area contributed by atoms with Crippen LogP contribution in [0.2, 0.25) is 0 Å². The smallest absolute Gasteiger partial charge is 0.122 e. The molecule has 2 N–H and O–H groups in total. The number of benzene rings is 1. The van der Waals surface area contributed by atoms with Gasteiger partial charge in [0, 0.05) is 18.8 Å². The Kier molecular flexibility index (Phi) is 3.46. The van der Waals surface area contributed by atoms with Crippen molar-refractivity contribution in [1.82, 2.24) is 0 Å². The molecule has 0 bridgehead atoms. The number of rotatable bonds is 4. The van der Waals surface area contributed by atoms with E-state index in [0.29, 0.717) is 6.42 Å². The lowest BCUT2D eigenvalue weighted by molar-refractivity contribution is 0.190. The van der Waals surface area contributed by atoms with E-state index in [-0.39, 0.29) is 25.0 Å². The maximum Gasteiger partial charge on any atom is 0.122 e. The third-order valence-corrected chi connectivity index (χ3v) is 3.47. The number of aliphatic hydroxyl groups is 2. The molecule has 0 aliphatic heterocycles. The largest absolute Gasteiger partial charge is 0.496 e. The number of fused-ring (bicyclic) bond motifs is 1. The number of aliphatic hydroxyl groups excluding tert-OH is 2. The Morgan fingerprint density at radius 3 is 2.81 bits per heavy atom. The fraction of sp³-hybridized carbons (Fsp3) is 0.538. The summed E-state index contributed by atoms with van der Waals surface area (Å²) < 4.78 is 5.36. The summed E-state index contributed by atoms with van der Waals surface area (Å²) in [6, 6.07) is 6.01. The van der Waals surface area contributed by atoms with Gasteiger partial charge in [0.05, 0.1) is 7.11 Å². The van der Waals surface area contributed by atoms with Gasteiger partial charge in [0.25, 0.3) is 0 Å². The average Bonchev–Trinajstić information content (AvgIpc) is 2.68. The van der Waals surface area contributed by atoms with Gasteiger partial charge < -0.3 is 14.9 Å². The van der Waals surface area contributed by atoms with Crippen molar-refractivity contribution in [1.29, 1.82) is 0 Å². The number of methoxy groups -OCH3 is 1. The molecule has 1 aliphatic rings. The van der Waals surface area contributed by atoms with Crippen molar-refractivity contribution >= 4 is 0 Å². The zero-order valence-corrected chi connectivity index (χ0v) is 9.52. The predicted octanol–water partition coefficient (Wildman–Crippen LogP) is 1.33. The minimum Gasteiger partial charge on any atom is -0.496 e. The molecule has 1 aromatic carbocycles. The molecule has 3 nitrogen and oxygen atoms in total. The van der Waals surface area contributed by atoms with Crippen molar-refractivity contribution in [3.63, 3.8) is 0 Å². The van der Waals surface area contributed by atoms with Crippen molar-refractivity contribution in [3.8, 4) is 5.75 Å². The van der Waals surface area contributed by atoms with E-state index in [1.54, 1.807) is 7.11 Å². The van der Waals surface area contributed by atoms with Crippen LogP contribution in [0, 0.1) is 5.92 Å². The Hall–Kier alpha value is -1.06. The lowest BCUT2D eigenvalue weighted by Gasteiger charge is -2.18. The van der Waals surface area contributed by atoms with Gasteiger partial charge in [-0.2, -0.15) is 0 Å². The van der Waals surface area contributed by atoms with Crippen LogP contribution in [0.25, 0.3) is 0 Å². The summed E-state index contributed by atoms with van der Waals surface area (Å²) in [5.74, 6) is 1.33. The highest BCUT2D eigenvalue weighted by molar-refractivity contribution is 5.46. The van der Waals surface area contributed by atoms with Gasteiger partial charge in [-0.05, 0) is 36.3 Å². The molecule has 16 heavy (non-hydrogen) atoms. The highest BCUT2D eigenvalue weighted by Crippen LogP contribution is 2.44. The maximum atomic E-state index is 9.38. The van der Waals surface area contributed by atoms with Gasteiger partial charge in [0.2, 0.25) is 0 Å². The molecule has 0 saturated heterocycles. The van der Waals surface area contributed by atoms with Crippen LogP contribution < -0.4 is 4.74 Å². The van der Waals surface area contributed by atoms with Crippen LogP contribution in [-0.4, -0.2) is 30.5 Å². The van der Waals surface area contributed by atoms with E-state index in [0.717, 1.165) is 12.2 Å². The number of hydrogen-bond donors (Lipinski definition) is 2. The van der Waals surface area contributed by atoms with Gasteiger partial charge in [0.15, 0.2) is 0 Å². The van der Waals surface area contributed by atoms with Crippen LogP contribution >= 0.6 is 0 Å². The van der Waals surface area contributed by atoms with Crippen molar-refractivity contribution in [2.75, 3.05) is 20.3 Å². The van der Waals surface area contributed by atoms with Crippen LogP contribution in [0.4, 0.5) is 0 Å². The minimum absolute atomic E-state index is 0.151. The van der Waals surface area contributed by atoms with Crippen molar-refractivity contribution in [3.05, 3.63) is 29.3 Å². The molecule has 1 aromatic rings. The Morgan fingerprint density at radius 1 is 1.38 bits per heavy atom. The summed E-state index contributed by atoms with van der Waals surface area (Å²) >= 11 is 0. The zero-order chi connectivity index (χ0) is 11.5. The molecular formula is C13H18O3. The van der Waals surface area contributed by atoms with E-state index >= 15 is 0 Å². The van der Waals surface area contributed by atoms with Crippen LogP contribution in [0.3, 0.4) is 0 Å². The second-order valence-corrected chi connectivity index (χ2v) is 4.30. The summed E-state index contributed by atoms with van der Waals surface area (Å²) in [5, 5.41) is 18.5. The van der Waals surface area contributed by atoms with Gasteiger partial charge in [-0.3, -0.25) is 0 Å². The van der Waals surface area contributed by atoms with Crippen LogP contribution in [-0.2, 0) is 6.42 Å². The van der Waals surface area contributed by atoms with Crippen LogP contribution in [0.5, 0.6) is 5.75 Å². The maximum absolute atomic E-state index is 9.38.